The van der Waals surface area contributed by atoms with Gasteiger partial charge in [0.2, 0.25) is 0 Å². The molecular formula is C11H24N2O. The molecule has 1 aliphatic heterocycles. The number of nitrogens with one attached hydrogen (secondary N) is 1. The Hall–Kier alpha value is -0.120. The maximum atomic E-state index is 5.22. The summed E-state index contributed by atoms with van der Waals surface area (Å²) in [4.78, 5) is 2.54. The average molecular weight is 200 g/mol. The molecule has 2 atom stereocenters. The summed E-state index contributed by atoms with van der Waals surface area (Å²) in [5.41, 5.74) is 0.241. The first kappa shape index (κ1) is 12.0. The van der Waals surface area contributed by atoms with Gasteiger partial charge >= 0.3 is 0 Å². The molecule has 3 heteroatoms. The molecule has 0 saturated carbocycles. The van der Waals surface area contributed by atoms with Crippen molar-refractivity contribution < 1.29 is 4.74 Å². The van der Waals surface area contributed by atoms with E-state index < -0.39 is 0 Å². The first-order valence-corrected chi connectivity index (χ1v) is 5.46. The number of nitrogens with zero attached hydrogens (tertiary/aromatic N) is 1. The van der Waals surface area contributed by atoms with Gasteiger partial charge in [0, 0.05) is 37.8 Å². The lowest BCUT2D eigenvalue weighted by atomic mass is 9.96. The third-order valence-electron chi connectivity index (χ3n) is 3.07. The molecule has 1 rings (SSSR count). The van der Waals surface area contributed by atoms with Gasteiger partial charge in [-0.2, -0.15) is 0 Å². The molecule has 3 nitrogen and oxygen atoms in total. The molecule has 1 heterocycles. The Morgan fingerprint density at radius 1 is 1.57 bits per heavy atom. The highest BCUT2D eigenvalue weighted by Crippen LogP contribution is 2.21. The zero-order valence-corrected chi connectivity index (χ0v) is 10.1. The summed E-state index contributed by atoms with van der Waals surface area (Å²) in [6, 6.07) is 1.09. The lowest BCUT2D eigenvalue weighted by Gasteiger charge is -2.48. The largest absolute Gasteiger partial charge is 0.383 e. The Kier molecular flexibility index (Phi) is 3.93. The lowest BCUT2D eigenvalue weighted by Crippen LogP contribution is -2.64. The van der Waals surface area contributed by atoms with Crippen molar-refractivity contribution >= 4 is 0 Å². The maximum absolute atomic E-state index is 5.22. The molecule has 1 N–H and O–H groups in total. The van der Waals surface area contributed by atoms with Crippen LogP contribution in [0.5, 0.6) is 0 Å². The molecule has 84 valence electrons. The standard InChI is InChI=1S/C11H24N2O/c1-9-6-13(10(2)7-14-5)11(3,4)8-12-9/h9-10,12H,6-8H2,1-5H3. The van der Waals surface area contributed by atoms with Crippen LogP contribution in [0.15, 0.2) is 0 Å². The van der Waals surface area contributed by atoms with Gasteiger partial charge in [-0.05, 0) is 27.7 Å². The molecule has 1 saturated heterocycles. The second-order valence-electron chi connectivity index (χ2n) is 5.05. The molecule has 0 radical (unpaired) electrons. The van der Waals surface area contributed by atoms with Crippen LogP contribution in [0.3, 0.4) is 0 Å². The zero-order chi connectivity index (χ0) is 10.8. The van der Waals surface area contributed by atoms with Crippen LogP contribution in [0.4, 0.5) is 0 Å². The van der Waals surface area contributed by atoms with Crippen LogP contribution < -0.4 is 5.32 Å². The first-order chi connectivity index (χ1) is 6.47. The summed E-state index contributed by atoms with van der Waals surface area (Å²) in [5, 5.41) is 3.52. The molecular weight excluding hydrogens is 176 g/mol. The van der Waals surface area contributed by atoms with Crippen LogP contribution in [0.25, 0.3) is 0 Å². The van der Waals surface area contributed by atoms with E-state index in [1.165, 1.54) is 0 Å². The van der Waals surface area contributed by atoms with Gasteiger partial charge in [-0.25, -0.2) is 0 Å². The SMILES string of the molecule is COCC(C)N1CC(C)NCC1(C)C. The number of hydrogen-bond donors (Lipinski definition) is 1. The molecule has 14 heavy (non-hydrogen) atoms. The minimum atomic E-state index is 0.241. The monoisotopic (exact) mass is 200 g/mol. The molecule has 0 aromatic heterocycles. The fourth-order valence-electron chi connectivity index (χ4n) is 2.24. The quantitative estimate of drug-likeness (QED) is 0.738. The molecule has 1 fully saturated rings. The summed E-state index contributed by atoms with van der Waals surface area (Å²) in [6.45, 7) is 12.0. The second-order valence-corrected chi connectivity index (χ2v) is 5.05. The fraction of sp³-hybridized carbons (Fsp3) is 1.00. The Labute approximate surface area is 87.8 Å². The minimum absolute atomic E-state index is 0.241. The van der Waals surface area contributed by atoms with Crippen LogP contribution in [-0.4, -0.2) is 49.3 Å². The maximum Gasteiger partial charge on any atom is 0.0615 e. The first-order valence-electron chi connectivity index (χ1n) is 5.46. The van der Waals surface area contributed by atoms with Crippen molar-refractivity contribution in [3.63, 3.8) is 0 Å². The third-order valence-corrected chi connectivity index (χ3v) is 3.07. The molecule has 0 aromatic rings. The van der Waals surface area contributed by atoms with Crippen molar-refractivity contribution in [2.24, 2.45) is 0 Å². The van der Waals surface area contributed by atoms with Gasteiger partial charge in [0.25, 0.3) is 0 Å². The van der Waals surface area contributed by atoms with Crippen molar-refractivity contribution in [3.8, 4) is 0 Å². The van der Waals surface area contributed by atoms with E-state index in [4.69, 9.17) is 4.74 Å². The van der Waals surface area contributed by atoms with Crippen molar-refractivity contribution in [1.29, 1.82) is 0 Å². The number of hydrogen-bond acceptors (Lipinski definition) is 3. The van der Waals surface area contributed by atoms with Crippen molar-refractivity contribution in [3.05, 3.63) is 0 Å². The highest BCUT2D eigenvalue weighted by atomic mass is 16.5. The predicted molar refractivity (Wildman–Crippen MR) is 59.6 cm³/mol. The number of methoxy groups -OCH3 is 1. The highest BCUT2D eigenvalue weighted by Gasteiger charge is 2.35. The van der Waals surface area contributed by atoms with Crippen LogP contribution in [-0.2, 0) is 4.74 Å². The van der Waals surface area contributed by atoms with Gasteiger partial charge in [-0.3, -0.25) is 4.90 Å². The van der Waals surface area contributed by atoms with E-state index in [1.54, 1.807) is 7.11 Å². The Balaban J connectivity index is 2.61. The highest BCUT2D eigenvalue weighted by molar-refractivity contribution is 4.93. The summed E-state index contributed by atoms with van der Waals surface area (Å²) in [6.07, 6.45) is 0. The molecule has 2 unspecified atom stereocenters. The van der Waals surface area contributed by atoms with E-state index in [0.717, 1.165) is 19.7 Å². The van der Waals surface area contributed by atoms with Crippen molar-refractivity contribution in [2.45, 2.75) is 45.3 Å². The number of rotatable bonds is 3. The van der Waals surface area contributed by atoms with Gasteiger partial charge in [0.15, 0.2) is 0 Å². The summed E-state index contributed by atoms with van der Waals surface area (Å²) >= 11 is 0. The van der Waals surface area contributed by atoms with Gasteiger partial charge in [0.1, 0.15) is 0 Å². The van der Waals surface area contributed by atoms with Gasteiger partial charge in [-0.15, -0.1) is 0 Å². The molecule has 0 aromatic carbocycles. The minimum Gasteiger partial charge on any atom is -0.383 e. The average Bonchev–Trinajstić information content (AvgIpc) is 2.10. The molecule has 0 bridgehead atoms. The Bertz CT molecular complexity index is 182. The molecule has 0 spiro atoms. The van der Waals surface area contributed by atoms with E-state index in [1.807, 2.05) is 0 Å². The zero-order valence-electron chi connectivity index (χ0n) is 10.1. The summed E-state index contributed by atoms with van der Waals surface area (Å²) < 4.78 is 5.22. The van der Waals surface area contributed by atoms with Crippen LogP contribution in [0.2, 0.25) is 0 Å². The number of piperazine rings is 1. The van der Waals surface area contributed by atoms with Crippen LogP contribution >= 0.6 is 0 Å². The molecule has 0 aliphatic carbocycles. The third kappa shape index (κ3) is 2.69. The van der Waals surface area contributed by atoms with Crippen LogP contribution in [0.1, 0.15) is 27.7 Å². The number of ether oxygens (including phenoxy) is 1. The smallest absolute Gasteiger partial charge is 0.0615 e. The van der Waals surface area contributed by atoms with E-state index in [0.29, 0.717) is 12.1 Å². The van der Waals surface area contributed by atoms with E-state index in [9.17, 15) is 0 Å². The summed E-state index contributed by atoms with van der Waals surface area (Å²) in [7, 11) is 1.77. The van der Waals surface area contributed by atoms with Gasteiger partial charge in [0.05, 0.1) is 6.61 Å². The summed E-state index contributed by atoms with van der Waals surface area (Å²) in [5.74, 6) is 0. The van der Waals surface area contributed by atoms with Crippen molar-refractivity contribution in [1.82, 2.24) is 10.2 Å². The van der Waals surface area contributed by atoms with E-state index in [2.05, 4.69) is 37.9 Å². The van der Waals surface area contributed by atoms with Crippen molar-refractivity contribution in [2.75, 3.05) is 26.8 Å². The van der Waals surface area contributed by atoms with E-state index in [-0.39, 0.29) is 5.54 Å². The Morgan fingerprint density at radius 3 is 2.79 bits per heavy atom. The molecule has 0 amide bonds. The lowest BCUT2D eigenvalue weighted by molar-refractivity contribution is 0.00247. The van der Waals surface area contributed by atoms with E-state index >= 15 is 0 Å². The molecule has 1 aliphatic rings. The fourth-order valence-corrected chi connectivity index (χ4v) is 2.24. The second kappa shape index (κ2) is 4.60. The normalized spacial score (nSPS) is 30.2. The Morgan fingerprint density at radius 2 is 2.21 bits per heavy atom. The van der Waals surface area contributed by atoms with Gasteiger partial charge < -0.3 is 10.1 Å². The predicted octanol–water partition coefficient (Wildman–Crippen LogP) is 1.09. The topological polar surface area (TPSA) is 24.5 Å². The van der Waals surface area contributed by atoms with Gasteiger partial charge in [-0.1, -0.05) is 0 Å². The van der Waals surface area contributed by atoms with Crippen LogP contribution in [0, 0.1) is 0 Å².